The number of nitrogens with zero attached hydrogens (tertiary/aromatic N) is 2. The van der Waals surface area contributed by atoms with Gasteiger partial charge in [0, 0.05) is 25.0 Å². The van der Waals surface area contributed by atoms with Crippen molar-refractivity contribution in [1.29, 1.82) is 0 Å². The van der Waals surface area contributed by atoms with Crippen molar-refractivity contribution in [3.05, 3.63) is 59.9 Å². The topological polar surface area (TPSA) is 62.3 Å². The predicted molar refractivity (Wildman–Crippen MR) is 94.0 cm³/mol. The van der Waals surface area contributed by atoms with Gasteiger partial charge in [-0.25, -0.2) is 8.42 Å². The molecule has 0 aliphatic carbocycles. The van der Waals surface area contributed by atoms with E-state index in [4.69, 9.17) is 0 Å². The SMILES string of the molecule is Cc1ccc(S(=O)(=O)N(Cc2ccncc2)C2CCNCC2)cc1. The highest BCUT2D eigenvalue weighted by Crippen LogP contribution is 2.25. The maximum Gasteiger partial charge on any atom is 0.243 e. The summed E-state index contributed by atoms with van der Waals surface area (Å²) in [6, 6.07) is 10.9. The van der Waals surface area contributed by atoms with Gasteiger partial charge < -0.3 is 5.32 Å². The molecule has 1 saturated heterocycles. The van der Waals surface area contributed by atoms with E-state index in [-0.39, 0.29) is 6.04 Å². The number of nitrogens with one attached hydrogen (secondary N) is 1. The van der Waals surface area contributed by atoms with Crippen molar-refractivity contribution >= 4 is 10.0 Å². The molecule has 24 heavy (non-hydrogen) atoms. The average molecular weight is 345 g/mol. The summed E-state index contributed by atoms with van der Waals surface area (Å²) in [5.41, 5.74) is 2.01. The lowest BCUT2D eigenvalue weighted by Gasteiger charge is -2.33. The van der Waals surface area contributed by atoms with E-state index in [0.29, 0.717) is 11.4 Å². The molecule has 1 fully saturated rings. The lowest BCUT2D eigenvalue weighted by atomic mass is 10.1. The molecule has 2 heterocycles. The minimum Gasteiger partial charge on any atom is -0.317 e. The molecule has 0 amide bonds. The van der Waals surface area contributed by atoms with Crippen LogP contribution in [-0.2, 0) is 16.6 Å². The fraction of sp³-hybridized carbons (Fsp3) is 0.389. The number of benzene rings is 1. The molecule has 1 aliphatic heterocycles. The van der Waals surface area contributed by atoms with Crippen molar-refractivity contribution in [2.24, 2.45) is 0 Å². The van der Waals surface area contributed by atoms with Crippen LogP contribution in [0.15, 0.2) is 53.7 Å². The van der Waals surface area contributed by atoms with Gasteiger partial charge in [-0.15, -0.1) is 0 Å². The van der Waals surface area contributed by atoms with Crippen LogP contribution in [0.1, 0.15) is 24.0 Å². The Morgan fingerprint density at radius 1 is 1.08 bits per heavy atom. The second-order valence-corrected chi connectivity index (χ2v) is 8.09. The molecule has 0 spiro atoms. The molecular formula is C18H23N3O2S. The first kappa shape index (κ1) is 17.1. The Kier molecular flexibility index (Phi) is 5.28. The molecule has 0 unspecified atom stereocenters. The van der Waals surface area contributed by atoms with Crippen LogP contribution in [0.5, 0.6) is 0 Å². The molecule has 1 aromatic carbocycles. The van der Waals surface area contributed by atoms with Gasteiger partial charge in [0.1, 0.15) is 0 Å². The highest BCUT2D eigenvalue weighted by atomic mass is 32.2. The van der Waals surface area contributed by atoms with Gasteiger partial charge in [-0.3, -0.25) is 4.98 Å². The van der Waals surface area contributed by atoms with E-state index in [9.17, 15) is 8.42 Å². The van der Waals surface area contributed by atoms with Crippen LogP contribution in [0.2, 0.25) is 0 Å². The number of rotatable bonds is 5. The van der Waals surface area contributed by atoms with Gasteiger partial charge >= 0.3 is 0 Å². The van der Waals surface area contributed by atoms with Crippen LogP contribution in [0.3, 0.4) is 0 Å². The lowest BCUT2D eigenvalue weighted by Crippen LogP contribution is -2.45. The standard InChI is InChI=1S/C18H23N3O2S/c1-15-2-4-18(5-3-15)24(22,23)21(17-8-12-20-13-9-17)14-16-6-10-19-11-7-16/h2-7,10-11,17,20H,8-9,12-14H2,1H3. The van der Waals surface area contributed by atoms with Crippen molar-refractivity contribution in [2.75, 3.05) is 13.1 Å². The largest absolute Gasteiger partial charge is 0.317 e. The summed E-state index contributed by atoms with van der Waals surface area (Å²) >= 11 is 0. The number of hydrogen-bond donors (Lipinski definition) is 1. The number of aromatic nitrogens is 1. The molecule has 0 bridgehead atoms. The van der Waals surface area contributed by atoms with Gasteiger partial charge in [0.25, 0.3) is 0 Å². The summed E-state index contributed by atoms with van der Waals surface area (Å²) in [6.45, 7) is 4.03. The Labute approximate surface area is 143 Å². The van der Waals surface area contributed by atoms with Crippen LogP contribution in [-0.4, -0.2) is 36.8 Å². The third-order valence-corrected chi connectivity index (χ3v) is 6.34. The molecule has 128 valence electrons. The second kappa shape index (κ2) is 7.42. The van der Waals surface area contributed by atoms with E-state index in [2.05, 4.69) is 10.3 Å². The Bertz CT molecular complexity index is 755. The first-order valence-corrected chi connectivity index (χ1v) is 9.69. The number of piperidine rings is 1. The molecule has 0 saturated carbocycles. The number of sulfonamides is 1. The fourth-order valence-electron chi connectivity index (χ4n) is 3.02. The summed E-state index contributed by atoms with van der Waals surface area (Å²) < 4.78 is 28.1. The monoisotopic (exact) mass is 345 g/mol. The summed E-state index contributed by atoms with van der Waals surface area (Å²) in [5, 5.41) is 3.30. The van der Waals surface area contributed by atoms with Gasteiger partial charge in [0.15, 0.2) is 0 Å². The van der Waals surface area contributed by atoms with Crippen molar-refractivity contribution in [2.45, 2.75) is 37.2 Å². The van der Waals surface area contributed by atoms with Crippen molar-refractivity contribution < 1.29 is 8.42 Å². The molecular weight excluding hydrogens is 322 g/mol. The van der Waals surface area contributed by atoms with E-state index >= 15 is 0 Å². The van der Waals surface area contributed by atoms with Gasteiger partial charge in [0.05, 0.1) is 4.90 Å². The van der Waals surface area contributed by atoms with E-state index in [0.717, 1.165) is 37.1 Å². The number of aryl methyl sites for hydroxylation is 1. The molecule has 1 N–H and O–H groups in total. The van der Waals surface area contributed by atoms with Crippen LogP contribution in [0, 0.1) is 6.92 Å². The Morgan fingerprint density at radius 2 is 1.71 bits per heavy atom. The van der Waals surface area contributed by atoms with Crippen molar-refractivity contribution in [3.8, 4) is 0 Å². The first-order valence-electron chi connectivity index (χ1n) is 8.25. The molecule has 0 radical (unpaired) electrons. The first-order chi connectivity index (χ1) is 11.6. The highest BCUT2D eigenvalue weighted by molar-refractivity contribution is 7.89. The molecule has 6 heteroatoms. The predicted octanol–water partition coefficient (Wildman–Crippen LogP) is 2.33. The second-order valence-electron chi connectivity index (χ2n) is 6.20. The van der Waals surface area contributed by atoms with Crippen LogP contribution in [0.4, 0.5) is 0 Å². The van der Waals surface area contributed by atoms with Crippen molar-refractivity contribution in [3.63, 3.8) is 0 Å². The molecule has 5 nitrogen and oxygen atoms in total. The van der Waals surface area contributed by atoms with Gasteiger partial charge in [0.2, 0.25) is 10.0 Å². The summed E-state index contributed by atoms with van der Waals surface area (Å²) in [7, 11) is -3.53. The average Bonchev–Trinajstić information content (AvgIpc) is 2.61. The van der Waals surface area contributed by atoms with E-state index < -0.39 is 10.0 Å². The third kappa shape index (κ3) is 3.83. The molecule has 2 aromatic rings. The molecule has 3 rings (SSSR count). The normalized spacial score (nSPS) is 16.4. The minimum atomic E-state index is -3.53. The zero-order chi connectivity index (χ0) is 17.0. The summed E-state index contributed by atoms with van der Waals surface area (Å²) in [5.74, 6) is 0. The van der Waals surface area contributed by atoms with Crippen LogP contribution < -0.4 is 5.32 Å². The van der Waals surface area contributed by atoms with Crippen LogP contribution >= 0.6 is 0 Å². The van der Waals surface area contributed by atoms with Crippen molar-refractivity contribution in [1.82, 2.24) is 14.6 Å². The molecule has 0 atom stereocenters. The highest BCUT2D eigenvalue weighted by Gasteiger charge is 2.32. The zero-order valence-corrected chi connectivity index (χ0v) is 14.7. The maximum absolute atomic E-state index is 13.2. The molecule has 1 aliphatic rings. The number of hydrogen-bond acceptors (Lipinski definition) is 4. The van der Waals surface area contributed by atoms with E-state index in [1.807, 2.05) is 31.2 Å². The van der Waals surface area contributed by atoms with Gasteiger partial charge in [-0.1, -0.05) is 17.7 Å². The van der Waals surface area contributed by atoms with E-state index in [1.54, 1.807) is 28.8 Å². The Hall–Kier alpha value is -1.76. The van der Waals surface area contributed by atoms with Gasteiger partial charge in [-0.2, -0.15) is 4.31 Å². The quantitative estimate of drug-likeness (QED) is 0.903. The zero-order valence-electron chi connectivity index (χ0n) is 13.9. The number of pyridine rings is 1. The smallest absolute Gasteiger partial charge is 0.243 e. The Balaban J connectivity index is 1.94. The fourth-order valence-corrected chi connectivity index (χ4v) is 4.69. The van der Waals surface area contributed by atoms with Crippen LogP contribution in [0.25, 0.3) is 0 Å². The summed E-state index contributed by atoms with van der Waals surface area (Å²) in [6.07, 6.45) is 5.06. The summed E-state index contributed by atoms with van der Waals surface area (Å²) in [4.78, 5) is 4.38. The van der Waals surface area contributed by atoms with Gasteiger partial charge in [-0.05, 0) is 62.7 Å². The lowest BCUT2D eigenvalue weighted by molar-refractivity contribution is 0.256. The molecule has 1 aromatic heterocycles. The minimum absolute atomic E-state index is 0.0192. The maximum atomic E-state index is 13.2. The van der Waals surface area contributed by atoms with E-state index in [1.165, 1.54) is 0 Å². The Morgan fingerprint density at radius 3 is 2.33 bits per heavy atom. The third-order valence-electron chi connectivity index (χ3n) is 4.43.